The average molecular weight is 320 g/mol. The molecule has 7 unspecified atom stereocenters. The number of ketones is 1. The molecular weight excluding hydrogens is 292 g/mol. The number of hydrogen-bond donors (Lipinski definition) is 3. The molecular formula is C19H28O4. The largest absolute Gasteiger partial charge is 0.393 e. The summed E-state index contributed by atoms with van der Waals surface area (Å²) in [6.45, 7) is 4.13. The highest BCUT2D eigenvalue weighted by Crippen LogP contribution is 2.65. The Morgan fingerprint density at radius 1 is 1.13 bits per heavy atom. The minimum Gasteiger partial charge on any atom is -0.393 e. The van der Waals surface area contributed by atoms with Gasteiger partial charge in [-0.05, 0) is 44.4 Å². The molecule has 0 heterocycles. The van der Waals surface area contributed by atoms with E-state index in [1.54, 1.807) is 0 Å². The number of carbonyl (C=O) groups is 1. The lowest BCUT2D eigenvalue weighted by Crippen LogP contribution is -2.66. The molecule has 0 amide bonds. The number of rotatable bonds is 0. The van der Waals surface area contributed by atoms with Crippen molar-refractivity contribution >= 4 is 5.78 Å². The van der Waals surface area contributed by atoms with Crippen LogP contribution in [0.4, 0.5) is 0 Å². The monoisotopic (exact) mass is 320 g/mol. The molecule has 0 aromatic heterocycles. The molecule has 0 radical (unpaired) electrons. The van der Waals surface area contributed by atoms with Crippen LogP contribution >= 0.6 is 0 Å². The van der Waals surface area contributed by atoms with Gasteiger partial charge >= 0.3 is 0 Å². The van der Waals surface area contributed by atoms with Gasteiger partial charge in [0, 0.05) is 23.2 Å². The molecule has 23 heavy (non-hydrogen) atoms. The van der Waals surface area contributed by atoms with Crippen LogP contribution in [-0.4, -0.2) is 38.9 Å². The number of fused-ring (bicyclic) bond motifs is 5. The standard InChI is InChI=1S/C19H28O4/c1-17-7-8-19(23)16(13(17)3-4-15(17)22)14(21)10-11-9-12(20)5-6-18(11,19)2/h10,12-14,16,20-21,23H,3-9H2,1-2H3. The first kappa shape index (κ1) is 15.8. The zero-order valence-corrected chi connectivity index (χ0v) is 14.1. The molecule has 4 nitrogen and oxygen atoms in total. The Kier molecular flexibility index (Phi) is 3.21. The van der Waals surface area contributed by atoms with Crippen molar-refractivity contribution in [3.8, 4) is 0 Å². The van der Waals surface area contributed by atoms with Crippen LogP contribution in [0.1, 0.15) is 58.8 Å². The van der Waals surface area contributed by atoms with Crippen LogP contribution in [0.25, 0.3) is 0 Å². The third kappa shape index (κ3) is 1.80. The molecule has 3 N–H and O–H groups in total. The van der Waals surface area contributed by atoms with Gasteiger partial charge in [0.2, 0.25) is 0 Å². The summed E-state index contributed by atoms with van der Waals surface area (Å²) in [6, 6.07) is 0. The molecule has 4 aliphatic rings. The number of aliphatic hydroxyl groups excluding tert-OH is 2. The number of carbonyl (C=O) groups excluding carboxylic acids is 1. The van der Waals surface area contributed by atoms with Crippen LogP contribution in [0.3, 0.4) is 0 Å². The fourth-order valence-electron chi connectivity index (χ4n) is 6.37. The van der Waals surface area contributed by atoms with E-state index in [9.17, 15) is 20.1 Å². The molecule has 0 saturated heterocycles. The van der Waals surface area contributed by atoms with E-state index in [-0.39, 0.29) is 28.8 Å². The van der Waals surface area contributed by atoms with E-state index < -0.39 is 11.7 Å². The van der Waals surface area contributed by atoms with Gasteiger partial charge in [-0.25, -0.2) is 0 Å². The highest BCUT2D eigenvalue weighted by molar-refractivity contribution is 5.87. The second kappa shape index (κ2) is 4.68. The average Bonchev–Trinajstić information content (AvgIpc) is 2.78. The quantitative estimate of drug-likeness (QED) is 0.596. The van der Waals surface area contributed by atoms with E-state index in [1.807, 2.05) is 13.0 Å². The van der Waals surface area contributed by atoms with E-state index in [0.717, 1.165) is 18.4 Å². The Hall–Kier alpha value is -0.710. The molecule has 7 atom stereocenters. The van der Waals surface area contributed by atoms with Gasteiger partial charge in [-0.1, -0.05) is 25.5 Å². The van der Waals surface area contributed by atoms with E-state index >= 15 is 0 Å². The molecule has 4 aliphatic carbocycles. The minimum atomic E-state index is -0.967. The van der Waals surface area contributed by atoms with Gasteiger partial charge in [0.05, 0.1) is 17.8 Å². The fourth-order valence-corrected chi connectivity index (χ4v) is 6.37. The topological polar surface area (TPSA) is 77.8 Å². The third-order valence-corrected chi connectivity index (χ3v) is 7.99. The Labute approximate surface area is 137 Å². The maximum Gasteiger partial charge on any atom is 0.139 e. The molecule has 0 bridgehead atoms. The Morgan fingerprint density at radius 3 is 2.61 bits per heavy atom. The molecule has 0 aromatic carbocycles. The predicted octanol–water partition coefficient (Wildman–Crippen LogP) is 1.96. The summed E-state index contributed by atoms with van der Waals surface area (Å²) in [6.07, 6.45) is 5.41. The third-order valence-electron chi connectivity index (χ3n) is 7.99. The summed E-state index contributed by atoms with van der Waals surface area (Å²) < 4.78 is 0. The number of Topliss-reactive ketones (excluding diaryl/α,β-unsaturated/α-hetero) is 1. The summed E-state index contributed by atoms with van der Waals surface area (Å²) in [5, 5.41) is 32.6. The van der Waals surface area contributed by atoms with Crippen LogP contribution in [0.5, 0.6) is 0 Å². The van der Waals surface area contributed by atoms with Gasteiger partial charge < -0.3 is 15.3 Å². The zero-order valence-electron chi connectivity index (χ0n) is 14.1. The van der Waals surface area contributed by atoms with Gasteiger partial charge in [0.15, 0.2) is 0 Å². The predicted molar refractivity (Wildman–Crippen MR) is 85.6 cm³/mol. The van der Waals surface area contributed by atoms with Gasteiger partial charge in [-0.2, -0.15) is 0 Å². The van der Waals surface area contributed by atoms with Crippen molar-refractivity contribution in [1.82, 2.24) is 0 Å². The number of aliphatic hydroxyl groups is 3. The van der Waals surface area contributed by atoms with Crippen LogP contribution in [0.15, 0.2) is 11.6 Å². The maximum absolute atomic E-state index is 12.4. The maximum atomic E-state index is 12.4. The SMILES string of the molecule is CC12CCC3(O)C(C(O)C=C4CC(O)CCC43C)C1CCC2=O. The normalized spacial score (nSPS) is 55.7. The van der Waals surface area contributed by atoms with Crippen LogP contribution in [0.2, 0.25) is 0 Å². The summed E-state index contributed by atoms with van der Waals surface area (Å²) >= 11 is 0. The molecule has 3 saturated carbocycles. The summed E-state index contributed by atoms with van der Waals surface area (Å²) in [4.78, 5) is 12.4. The molecule has 0 aromatic rings. The Bertz CT molecular complexity index is 584. The van der Waals surface area contributed by atoms with Gasteiger partial charge in [-0.15, -0.1) is 0 Å². The fraction of sp³-hybridized carbons (Fsp3) is 0.842. The van der Waals surface area contributed by atoms with Crippen molar-refractivity contribution in [3.63, 3.8) is 0 Å². The lowest BCUT2D eigenvalue weighted by Gasteiger charge is -2.62. The minimum absolute atomic E-state index is 0.0604. The van der Waals surface area contributed by atoms with E-state index in [4.69, 9.17) is 0 Å². The molecule has 3 fully saturated rings. The molecule has 128 valence electrons. The zero-order chi connectivity index (χ0) is 16.6. The van der Waals surface area contributed by atoms with Crippen LogP contribution < -0.4 is 0 Å². The smallest absolute Gasteiger partial charge is 0.139 e. The molecule has 4 heteroatoms. The Balaban J connectivity index is 1.81. The molecule has 4 rings (SSSR count). The van der Waals surface area contributed by atoms with E-state index in [1.165, 1.54) is 0 Å². The second-order valence-corrected chi connectivity index (χ2v) is 8.85. The van der Waals surface area contributed by atoms with Crippen molar-refractivity contribution in [2.24, 2.45) is 22.7 Å². The number of hydrogen-bond acceptors (Lipinski definition) is 4. The van der Waals surface area contributed by atoms with E-state index in [0.29, 0.717) is 37.9 Å². The summed E-state index contributed by atoms with van der Waals surface area (Å²) in [7, 11) is 0. The van der Waals surface area contributed by atoms with Crippen molar-refractivity contribution in [2.45, 2.75) is 76.6 Å². The van der Waals surface area contributed by atoms with Crippen molar-refractivity contribution in [2.75, 3.05) is 0 Å². The van der Waals surface area contributed by atoms with Gasteiger partial charge in [-0.3, -0.25) is 4.79 Å². The lowest BCUT2D eigenvalue weighted by atomic mass is 9.45. The van der Waals surface area contributed by atoms with E-state index in [2.05, 4.69) is 6.92 Å². The second-order valence-electron chi connectivity index (χ2n) is 8.85. The summed E-state index contributed by atoms with van der Waals surface area (Å²) in [5.41, 5.74) is -0.724. The summed E-state index contributed by atoms with van der Waals surface area (Å²) in [5.74, 6) is 0.0951. The van der Waals surface area contributed by atoms with Crippen LogP contribution in [-0.2, 0) is 4.79 Å². The molecule has 0 spiro atoms. The first-order chi connectivity index (χ1) is 10.7. The lowest BCUT2D eigenvalue weighted by molar-refractivity contribution is -0.206. The first-order valence-electron chi connectivity index (χ1n) is 9.05. The van der Waals surface area contributed by atoms with Gasteiger partial charge in [0.1, 0.15) is 5.78 Å². The first-order valence-corrected chi connectivity index (χ1v) is 9.05. The Morgan fingerprint density at radius 2 is 1.87 bits per heavy atom. The highest BCUT2D eigenvalue weighted by Gasteiger charge is 2.67. The highest BCUT2D eigenvalue weighted by atomic mass is 16.3. The van der Waals surface area contributed by atoms with Crippen molar-refractivity contribution in [1.29, 1.82) is 0 Å². The van der Waals surface area contributed by atoms with Crippen molar-refractivity contribution in [3.05, 3.63) is 11.6 Å². The van der Waals surface area contributed by atoms with Gasteiger partial charge in [0.25, 0.3) is 0 Å². The van der Waals surface area contributed by atoms with Crippen molar-refractivity contribution < 1.29 is 20.1 Å². The molecule has 0 aliphatic heterocycles. The van der Waals surface area contributed by atoms with Crippen LogP contribution in [0, 0.1) is 22.7 Å².